The quantitative estimate of drug-likeness (QED) is 0.825. The van der Waals surface area contributed by atoms with Crippen LogP contribution in [0.1, 0.15) is 46.1 Å². The number of carbonyl (C=O) groups is 1. The SMILES string of the molecule is CC(C)c1cccc(NCC(=O)NC(C)C(C)C)c1. The third kappa shape index (κ3) is 5.33. The van der Waals surface area contributed by atoms with E-state index in [-0.39, 0.29) is 11.9 Å². The second-order valence-corrected chi connectivity index (χ2v) is 5.73. The molecular formula is C16H26N2O. The Hall–Kier alpha value is -1.51. The van der Waals surface area contributed by atoms with Crippen molar-refractivity contribution in [3.8, 4) is 0 Å². The molecule has 1 atom stereocenters. The van der Waals surface area contributed by atoms with Gasteiger partial charge in [0.2, 0.25) is 5.91 Å². The highest BCUT2D eigenvalue weighted by molar-refractivity contribution is 5.81. The number of hydrogen-bond acceptors (Lipinski definition) is 2. The summed E-state index contributed by atoms with van der Waals surface area (Å²) in [6, 6.07) is 8.43. The molecule has 2 N–H and O–H groups in total. The first-order valence-corrected chi connectivity index (χ1v) is 7.03. The Bertz CT molecular complexity index is 413. The van der Waals surface area contributed by atoms with Crippen LogP contribution in [0.2, 0.25) is 0 Å². The van der Waals surface area contributed by atoms with Gasteiger partial charge in [-0.05, 0) is 36.5 Å². The van der Waals surface area contributed by atoms with Crippen LogP contribution in [0.5, 0.6) is 0 Å². The third-order valence-corrected chi connectivity index (χ3v) is 3.40. The van der Waals surface area contributed by atoms with Gasteiger partial charge in [0, 0.05) is 11.7 Å². The number of amides is 1. The molecule has 106 valence electrons. The number of hydrogen-bond donors (Lipinski definition) is 2. The summed E-state index contributed by atoms with van der Waals surface area (Å²) in [5.41, 5.74) is 2.28. The summed E-state index contributed by atoms with van der Waals surface area (Å²) in [5.74, 6) is 0.987. The van der Waals surface area contributed by atoms with Gasteiger partial charge in [-0.25, -0.2) is 0 Å². The molecule has 0 aliphatic rings. The second kappa shape index (κ2) is 7.17. The van der Waals surface area contributed by atoms with E-state index in [1.807, 2.05) is 19.1 Å². The number of anilines is 1. The van der Waals surface area contributed by atoms with Crippen LogP contribution in [-0.2, 0) is 4.79 Å². The largest absolute Gasteiger partial charge is 0.376 e. The lowest BCUT2D eigenvalue weighted by molar-refractivity contribution is -0.120. The van der Waals surface area contributed by atoms with Crippen LogP contribution in [0.25, 0.3) is 0 Å². The molecule has 1 amide bonds. The molecule has 1 rings (SSSR count). The first-order valence-electron chi connectivity index (χ1n) is 7.03. The van der Waals surface area contributed by atoms with Crippen molar-refractivity contribution in [1.29, 1.82) is 0 Å². The van der Waals surface area contributed by atoms with E-state index in [9.17, 15) is 4.79 Å². The lowest BCUT2D eigenvalue weighted by Crippen LogP contribution is -2.39. The highest BCUT2D eigenvalue weighted by Crippen LogP contribution is 2.18. The number of benzene rings is 1. The van der Waals surface area contributed by atoms with E-state index in [2.05, 4.69) is 50.5 Å². The molecule has 3 nitrogen and oxygen atoms in total. The van der Waals surface area contributed by atoms with Crippen molar-refractivity contribution >= 4 is 11.6 Å². The average molecular weight is 262 g/mol. The third-order valence-electron chi connectivity index (χ3n) is 3.40. The van der Waals surface area contributed by atoms with Crippen molar-refractivity contribution in [1.82, 2.24) is 5.32 Å². The van der Waals surface area contributed by atoms with Gasteiger partial charge in [0.1, 0.15) is 0 Å². The Balaban J connectivity index is 2.48. The van der Waals surface area contributed by atoms with Gasteiger partial charge < -0.3 is 10.6 Å². The monoisotopic (exact) mass is 262 g/mol. The Labute approximate surface area is 116 Å². The van der Waals surface area contributed by atoms with Crippen LogP contribution in [0, 0.1) is 5.92 Å². The van der Waals surface area contributed by atoms with Crippen LogP contribution in [0.3, 0.4) is 0 Å². The van der Waals surface area contributed by atoms with Gasteiger partial charge in [0.05, 0.1) is 6.54 Å². The first kappa shape index (κ1) is 15.5. The van der Waals surface area contributed by atoms with E-state index in [4.69, 9.17) is 0 Å². The van der Waals surface area contributed by atoms with E-state index >= 15 is 0 Å². The minimum Gasteiger partial charge on any atom is -0.376 e. The van der Waals surface area contributed by atoms with Crippen molar-refractivity contribution < 1.29 is 4.79 Å². The fraction of sp³-hybridized carbons (Fsp3) is 0.562. The molecule has 0 radical (unpaired) electrons. The zero-order chi connectivity index (χ0) is 14.4. The maximum absolute atomic E-state index is 11.8. The summed E-state index contributed by atoms with van der Waals surface area (Å²) in [6.45, 7) is 10.9. The fourth-order valence-electron chi connectivity index (χ4n) is 1.66. The standard InChI is InChI=1S/C16H26N2O/c1-11(2)13(5)18-16(19)10-17-15-8-6-7-14(9-15)12(3)4/h6-9,11-13,17H,10H2,1-5H3,(H,18,19). The summed E-state index contributed by atoms with van der Waals surface area (Å²) < 4.78 is 0. The average Bonchev–Trinajstić information content (AvgIpc) is 2.36. The first-order chi connectivity index (χ1) is 8.90. The smallest absolute Gasteiger partial charge is 0.239 e. The molecule has 19 heavy (non-hydrogen) atoms. The molecule has 0 bridgehead atoms. The zero-order valence-corrected chi connectivity index (χ0v) is 12.7. The molecule has 0 aliphatic heterocycles. The molecule has 0 fully saturated rings. The van der Waals surface area contributed by atoms with E-state index < -0.39 is 0 Å². The van der Waals surface area contributed by atoms with Gasteiger partial charge in [-0.15, -0.1) is 0 Å². The van der Waals surface area contributed by atoms with Crippen molar-refractivity contribution in [2.45, 2.75) is 46.6 Å². The highest BCUT2D eigenvalue weighted by atomic mass is 16.1. The summed E-state index contributed by atoms with van der Waals surface area (Å²) in [5, 5.41) is 6.16. The van der Waals surface area contributed by atoms with Crippen LogP contribution in [-0.4, -0.2) is 18.5 Å². The van der Waals surface area contributed by atoms with Crippen LogP contribution in [0.4, 0.5) is 5.69 Å². The minimum absolute atomic E-state index is 0.0381. The summed E-state index contributed by atoms with van der Waals surface area (Å²) >= 11 is 0. The molecule has 0 spiro atoms. The topological polar surface area (TPSA) is 41.1 Å². The molecule has 0 aliphatic carbocycles. The van der Waals surface area contributed by atoms with Crippen LogP contribution >= 0.6 is 0 Å². The van der Waals surface area contributed by atoms with E-state index in [1.165, 1.54) is 5.56 Å². The molecule has 3 heteroatoms. The Morgan fingerprint density at radius 1 is 1.16 bits per heavy atom. The minimum atomic E-state index is 0.0381. The van der Waals surface area contributed by atoms with Crippen molar-refractivity contribution in [3.63, 3.8) is 0 Å². The lowest BCUT2D eigenvalue weighted by atomic mass is 10.0. The van der Waals surface area contributed by atoms with Gasteiger partial charge >= 0.3 is 0 Å². The molecule has 0 saturated heterocycles. The fourth-order valence-corrected chi connectivity index (χ4v) is 1.66. The van der Waals surface area contributed by atoms with Gasteiger partial charge in [0.15, 0.2) is 0 Å². The number of carbonyl (C=O) groups excluding carboxylic acids is 1. The van der Waals surface area contributed by atoms with Gasteiger partial charge in [-0.1, -0.05) is 39.8 Å². The van der Waals surface area contributed by atoms with Crippen molar-refractivity contribution in [2.75, 3.05) is 11.9 Å². The van der Waals surface area contributed by atoms with Gasteiger partial charge in [0.25, 0.3) is 0 Å². The highest BCUT2D eigenvalue weighted by Gasteiger charge is 2.10. The lowest BCUT2D eigenvalue weighted by Gasteiger charge is -2.18. The number of rotatable bonds is 6. The molecule has 0 heterocycles. The van der Waals surface area contributed by atoms with Crippen LogP contribution in [0.15, 0.2) is 24.3 Å². The zero-order valence-electron chi connectivity index (χ0n) is 12.7. The predicted molar refractivity (Wildman–Crippen MR) is 81.5 cm³/mol. The van der Waals surface area contributed by atoms with Crippen LogP contribution < -0.4 is 10.6 Å². The van der Waals surface area contributed by atoms with Crippen molar-refractivity contribution in [2.24, 2.45) is 5.92 Å². The summed E-state index contributed by atoms with van der Waals surface area (Å²) in [6.07, 6.45) is 0. The van der Waals surface area contributed by atoms with E-state index in [0.29, 0.717) is 18.4 Å². The maximum atomic E-state index is 11.8. The van der Waals surface area contributed by atoms with Crippen molar-refractivity contribution in [3.05, 3.63) is 29.8 Å². The second-order valence-electron chi connectivity index (χ2n) is 5.73. The molecule has 0 saturated carbocycles. The molecule has 1 aromatic carbocycles. The Kier molecular flexibility index (Phi) is 5.87. The van der Waals surface area contributed by atoms with Gasteiger partial charge in [-0.2, -0.15) is 0 Å². The van der Waals surface area contributed by atoms with E-state index in [0.717, 1.165) is 5.69 Å². The van der Waals surface area contributed by atoms with E-state index in [1.54, 1.807) is 0 Å². The predicted octanol–water partition coefficient (Wildman–Crippen LogP) is 3.38. The Morgan fingerprint density at radius 3 is 2.42 bits per heavy atom. The number of nitrogens with one attached hydrogen (secondary N) is 2. The Morgan fingerprint density at radius 2 is 1.84 bits per heavy atom. The molecule has 1 unspecified atom stereocenters. The maximum Gasteiger partial charge on any atom is 0.239 e. The molecule has 0 aromatic heterocycles. The summed E-state index contributed by atoms with van der Waals surface area (Å²) in [4.78, 5) is 11.8. The van der Waals surface area contributed by atoms with Gasteiger partial charge in [-0.3, -0.25) is 4.79 Å². The molecule has 1 aromatic rings. The normalized spacial score (nSPS) is 12.6. The molecular weight excluding hydrogens is 236 g/mol. The summed E-state index contributed by atoms with van der Waals surface area (Å²) in [7, 11) is 0.